The number of nitrogens with one attached hydrogen (secondary N) is 1. The largest absolute Gasteiger partial charge is 0.462 e. The Hall–Kier alpha value is -1.45. The third kappa shape index (κ3) is 1.71. The molecule has 0 saturated carbocycles. The molecule has 1 aliphatic rings. The zero-order chi connectivity index (χ0) is 10.8. The summed E-state index contributed by atoms with van der Waals surface area (Å²) >= 11 is 0. The lowest BCUT2D eigenvalue weighted by Gasteiger charge is -2.11. The van der Waals surface area contributed by atoms with E-state index in [1.54, 1.807) is 6.92 Å². The first-order valence-electron chi connectivity index (χ1n) is 5.40. The average Bonchev–Trinajstić information content (AvgIpc) is 2.54. The number of hydrogen-bond acceptors (Lipinski definition) is 3. The predicted molar refractivity (Wildman–Crippen MR) is 57.8 cm³/mol. The summed E-state index contributed by atoms with van der Waals surface area (Å²) in [6.45, 7) is 2.19. The Morgan fingerprint density at radius 3 is 2.93 bits per heavy atom. The van der Waals surface area contributed by atoms with Gasteiger partial charge in [0.2, 0.25) is 0 Å². The second-order valence-electron chi connectivity index (χ2n) is 3.80. The molecule has 0 bridgehead atoms. The van der Waals surface area contributed by atoms with Crippen LogP contribution in [0.2, 0.25) is 0 Å². The number of aryl methyl sites for hydroxylation is 1. The fourth-order valence-electron chi connectivity index (χ4n) is 2.14. The van der Waals surface area contributed by atoms with Gasteiger partial charge in [0.15, 0.2) is 0 Å². The number of aromatic nitrogens is 1. The molecule has 0 atom stereocenters. The number of rotatable bonds is 2. The van der Waals surface area contributed by atoms with E-state index in [0.717, 1.165) is 36.9 Å². The van der Waals surface area contributed by atoms with E-state index >= 15 is 0 Å². The van der Waals surface area contributed by atoms with E-state index in [4.69, 9.17) is 10.5 Å². The van der Waals surface area contributed by atoms with Gasteiger partial charge >= 0.3 is 5.97 Å². The quantitative estimate of drug-likeness (QED) is 0.726. The smallest absolute Gasteiger partial charge is 0.342 e. The van der Waals surface area contributed by atoms with Gasteiger partial charge in [0.05, 0.1) is 6.61 Å². The van der Waals surface area contributed by atoms with Crippen LogP contribution in [0.25, 0.3) is 0 Å². The molecule has 82 valence electrons. The molecule has 0 aliphatic heterocycles. The number of nitrogens with two attached hydrogens (primary N) is 1. The number of H-pyrrole nitrogens is 1. The summed E-state index contributed by atoms with van der Waals surface area (Å²) in [5, 5.41) is 0. The Balaban J connectivity index is 2.37. The number of carbonyl (C=O) groups excluding carboxylic acids is 1. The molecule has 0 fully saturated rings. The second-order valence-corrected chi connectivity index (χ2v) is 3.80. The number of aromatic amines is 1. The van der Waals surface area contributed by atoms with Crippen molar-refractivity contribution >= 4 is 11.8 Å². The van der Waals surface area contributed by atoms with Gasteiger partial charge in [0.25, 0.3) is 0 Å². The van der Waals surface area contributed by atoms with Crippen LogP contribution in [0.5, 0.6) is 0 Å². The molecule has 4 heteroatoms. The van der Waals surface area contributed by atoms with Crippen molar-refractivity contribution in [3.63, 3.8) is 0 Å². The second kappa shape index (κ2) is 3.96. The monoisotopic (exact) mass is 208 g/mol. The summed E-state index contributed by atoms with van der Waals surface area (Å²) in [5.74, 6) is 0.162. The highest BCUT2D eigenvalue weighted by Crippen LogP contribution is 2.28. The SMILES string of the molecule is CCOC(=O)c1c(N)[nH]c2c1CCCC2. The van der Waals surface area contributed by atoms with Gasteiger partial charge < -0.3 is 15.5 Å². The summed E-state index contributed by atoms with van der Waals surface area (Å²) in [6.07, 6.45) is 4.20. The number of fused-ring (bicyclic) bond motifs is 1. The fourth-order valence-corrected chi connectivity index (χ4v) is 2.14. The highest BCUT2D eigenvalue weighted by atomic mass is 16.5. The Labute approximate surface area is 88.8 Å². The molecule has 1 aliphatic carbocycles. The molecule has 1 heterocycles. The molecule has 0 radical (unpaired) electrons. The number of nitrogen functional groups attached to an aromatic ring is 1. The van der Waals surface area contributed by atoms with E-state index < -0.39 is 0 Å². The Bertz CT molecular complexity index is 382. The van der Waals surface area contributed by atoms with Crippen molar-refractivity contribution in [2.45, 2.75) is 32.6 Å². The van der Waals surface area contributed by atoms with Crippen molar-refractivity contribution < 1.29 is 9.53 Å². The Morgan fingerprint density at radius 1 is 1.47 bits per heavy atom. The van der Waals surface area contributed by atoms with Crippen LogP contribution in [0.4, 0.5) is 5.82 Å². The first-order chi connectivity index (χ1) is 7.24. The van der Waals surface area contributed by atoms with Crippen LogP contribution in [-0.2, 0) is 17.6 Å². The minimum Gasteiger partial charge on any atom is -0.462 e. The minimum absolute atomic E-state index is 0.297. The molecule has 15 heavy (non-hydrogen) atoms. The van der Waals surface area contributed by atoms with Gasteiger partial charge in [-0.05, 0) is 38.2 Å². The lowest BCUT2D eigenvalue weighted by atomic mass is 9.95. The highest BCUT2D eigenvalue weighted by Gasteiger charge is 2.24. The third-order valence-electron chi connectivity index (χ3n) is 2.80. The molecule has 3 N–H and O–H groups in total. The van der Waals surface area contributed by atoms with E-state index in [1.807, 2.05) is 0 Å². The Morgan fingerprint density at radius 2 is 2.20 bits per heavy atom. The maximum atomic E-state index is 11.7. The lowest BCUT2D eigenvalue weighted by molar-refractivity contribution is 0.0526. The zero-order valence-electron chi connectivity index (χ0n) is 8.93. The summed E-state index contributed by atoms with van der Waals surface area (Å²) < 4.78 is 4.99. The van der Waals surface area contributed by atoms with Crippen molar-refractivity contribution in [2.75, 3.05) is 12.3 Å². The summed E-state index contributed by atoms with van der Waals surface area (Å²) in [4.78, 5) is 14.8. The molecule has 0 amide bonds. The van der Waals surface area contributed by atoms with Gasteiger partial charge in [0.1, 0.15) is 11.4 Å². The number of esters is 1. The number of carbonyl (C=O) groups is 1. The molecule has 0 saturated heterocycles. The van der Waals surface area contributed by atoms with Gasteiger partial charge in [-0.15, -0.1) is 0 Å². The molecule has 0 spiro atoms. The molecule has 4 nitrogen and oxygen atoms in total. The fraction of sp³-hybridized carbons (Fsp3) is 0.545. The Kier molecular flexibility index (Phi) is 2.66. The summed E-state index contributed by atoms with van der Waals surface area (Å²) in [7, 11) is 0. The van der Waals surface area contributed by atoms with Crippen LogP contribution in [0.3, 0.4) is 0 Å². The van der Waals surface area contributed by atoms with Crippen LogP contribution in [0, 0.1) is 0 Å². The molecule has 0 aromatic carbocycles. The van der Waals surface area contributed by atoms with E-state index in [-0.39, 0.29) is 5.97 Å². The summed E-state index contributed by atoms with van der Waals surface area (Å²) in [6, 6.07) is 0. The molecule has 0 unspecified atom stereocenters. The molecular formula is C11H16N2O2. The van der Waals surface area contributed by atoms with Gasteiger partial charge in [0, 0.05) is 5.69 Å². The van der Waals surface area contributed by atoms with Crippen molar-refractivity contribution in [3.8, 4) is 0 Å². The zero-order valence-corrected chi connectivity index (χ0v) is 8.93. The van der Waals surface area contributed by atoms with Crippen LogP contribution < -0.4 is 5.73 Å². The normalized spacial score (nSPS) is 14.7. The first kappa shape index (κ1) is 10.1. The number of anilines is 1. The van der Waals surface area contributed by atoms with Gasteiger partial charge in [-0.1, -0.05) is 0 Å². The van der Waals surface area contributed by atoms with Crippen molar-refractivity contribution in [2.24, 2.45) is 0 Å². The minimum atomic E-state index is -0.297. The van der Waals surface area contributed by atoms with Gasteiger partial charge in [-0.3, -0.25) is 0 Å². The maximum absolute atomic E-state index is 11.7. The first-order valence-corrected chi connectivity index (χ1v) is 5.40. The van der Waals surface area contributed by atoms with E-state index in [0.29, 0.717) is 18.0 Å². The average molecular weight is 208 g/mol. The van der Waals surface area contributed by atoms with E-state index in [2.05, 4.69) is 4.98 Å². The summed E-state index contributed by atoms with van der Waals surface area (Å²) in [5.41, 5.74) is 8.54. The van der Waals surface area contributed by atoms with E-state index in [1.165, 1.54) is 0 Å². The van der Waals surface area contributed by atoms with Gasteiger partial charge in [-0.25, -0.2) is 4.79 Å². The topological polar surface area (TPSA) is 68.1 Å². The van der Waals surface area contributed by atoms with Crippen molar-refractivity contribution in [1.29, 1.82) is 0 Å². The maximum Gasteiger partial charge on any atom is 0.342 e. The number of hydrogen-bond donors (Lipinski definition) is 2. The lowest BCUT2D eigenvalue weighted by Crippen LogP contribution is -2.10. The van der Waals surface area contributed by atoms with Crippen molar-refractivity contribution in [1.82, 2.24) is 4.98 Å². The highest BCUT2D eigenvalue weighted by molar-refractivity contribution is 5.96. The molecule has 1 aromatic heterocycles. The third-order valence-corrected chi connectivity index (χ3v) is 2.80. The van der Waals surface area contributed by atoms with E-state index in [9.17, 15) is 4.79 Å². The van der Waals surface area contributed by atoms with Crippen LogP contribution in [-0.4, -0.2) is 17.6 Å². The predicted octanol–water partition coefficient (Wildman–Crippen LogP) is 1.65. The molecule has 1 aromatic rings. The molecular weight excluding hydrogens is 192 g/mol. The molecule has 2 rings (SSSR count). The van der Waals surface area contributed by atoms with Crippen molar-refractivity contribution in [3.05, 3.63) is 16.8 Å². The van der Waals surface area contributed by atoms with Crippen LogP contribution in [0.15, 0.2) is 0 Å². The van der Waals surface area contributed by atoms with Crippen LogP contribution >= 0.6 is 0 Å². The van der Waals surface area contributed by atoms with Crippen LogP contribution in [0.1, 0.15) is 41.4 Å². The standard InChI is InChI=1S/C11H16N2O2/c1-2-15-11(14)9-7-5-3-4-6-8(7)13-10(9)12/h13H,2-6,12H2,1H3. The van der Waals surface area contributed by atoms with Gasteiger partial charge in [-0.2, -0.15) is 0 Å². The number of ether oxygens (including phenoxy) is 1.